The lowest BCUT2D eigenvalue weighted by Crippen LogP contribution is -2.62. The van der Waals surface area contributed by atoms with E-state index in [9.17, 15) is 5.11 Å². The van der Waals surface area contributed by atoms with E-state index in [0.717, 1.165) is 30.8 Å². The molecule has 0 atom stereocenters. The molecule has 1 heterocycles. The van der Waals surface area contributed by atoms with Crippen LogP contribution in [0.25, 0.3) is 5.57 Å². The van der Waals surface area contributed by atoms with Gasteiger partial charge < -0.3 is 26.5 Å². The van der Waals surface area contributed by atoms with Crippen LogP contribution in [-0.4, -0.2) is 50.6 Å². The van der Waals surface area contributed by atoms with Crippen molar-refractivity contribution in [3.8, 4) is 5.75 Å². The Balaban J connectivity index is 2.12. The Morgan fingerprint density at radius 1 is 1.24 bits per heavy atom. The Labute approximate surface area is 177 Å². The zero-order chi connectivity index (χ0) is 22.0. The zero-order valence-electron chi connectivity index (χ0n) is 17.8. The standard InChI is InChI=1S/C21H32N6OS/c1-20(2)9-15(10-21(3,4)26-20)27(5)19(25)29-18(24)16-7-6-13(8-17(16)28)14(11-22)12-23/h6-8,11-12,15,22,24-26,28H,9-10,23H2,1-5H3/b14-12+,22-11?,24-18?,25-19?. The minimum absolute atomic E-state index is 0.0314. The second-order valence-corrected chi connectivity index (χ2v) is 9.80. The molecule has 0 aromatic heterocycles. The summed E-state index contributed by atoms with van der Waals surface area (Å²) in [7, 11) is 1.90. The Bertz CT molecular complexity index is 830. The molecular weight excluding hydrogens is 384 g/mol. The summed E-state index contributed by atoms with van der Waals surface area (Å²) in [5.74, 6) is -0.0687. The van der Waals surface area contributed by atoms with Crippen molar-refractivity contribution in [2.75, 3.05) is 7.05 Å². The first-order valence-corrected chi connectivity index (χ1v) is 10.3. The lowest BCUT2D eigenvalue weighted by atomic mass is 9.79. The van der Waals surface area contributed by atoms with Crippen molar-refractivity contribution in [2.24, 2.45) is 5.73 Å². The molecule has 0 amide bonds. The molecule has 1 aliphatic rings. The summed E-state index contributed by atoms with van der Waals surface area (Å²) in [6.45, 7) is 8.69. The van der Waals surface area contributed by atoms with Crippen LogP contribution >= 0.6 is 11.8 Å². The third kappa shape index (κ3) is 5.61. The molecule has 8 heteroatoms. The highest BCUT2D eigenvalue weighted by Gasteiger charge is 2.39. The van der Waals surface area contributed by atoms with Crippen LogP contribution in [-0.2, 0) is 0 Å². The van der Waals surface area contributed by atoms with Gasteiger partial charge in [-0.2, -0.15) is 0 Å². The van der Waals surface area contributed by atoms with Crippen LogP contribution in [0.15, 0.2) is 24.4 Å². The number of phenolic OH excluding ortho intramolecular Hbond substituents is 1. The minimum Gasteiger partial charge on any atom is -0.507 e. The predicted molar refractivity (Wildman–Crippen MR) is 123 cm³/mol. The average Bonchev–Trinajstić information content (AvgIpc) is 2.59. The molecule has 7 N–H and O–H groups in total. The topological polar surface area (TPSA) is 133 Å². The van der Waals surface area contributed by atoms with E-state index in [0.29, 0.717) is 16.7 Å². The summed E-state index contributed by atoms with van der Waals surface area (Å²) in [6, 6.07) is 5.00. The first-order chi connectivity index (χ1) is 13.4. The fraction of sp³-hybridized carbons (Fsp3) is 0.476. The zero-order valence-corrected chi connectivity index (χ0v) is 18.6. The van der Waals surface area contributed by atoms with Crippen LogP contribution in [0, 0.1) is 16.2 Å². The van der Waals surface area contributed by atoms with Gasteiger partial charge in [-0.05, 0) is 70.0 Å². The molecule has 0 unspecified atom stereocenters. The molecule has 1 aliphatic heterocycles. The number of thioether (sulfide) groups is 1. The molecule has 1 fully saturated rings. The number of piperidine rings is 1. The third-order valence-electron chi connectivity index (χ3n) is 5.15. The SMILES string of the molecule is CN(C(=N)SC(=N)c1ccc(/C(C=N)=C/N)cc1O)C1CC(C)(C)NC(C)(C)C1. The lowest BCUT2D eigenvalue weighted by molar-refractivity contribution is 0.114. The van der Waals surface area contributed by atoms with E-state index >= 15 is 0 Å². The van der Waals surface area contributed by atoms with E-state index < -0.39 is 0 Å². The number of hydrogen-bond acceptors (Lipinski definition) is 7. The number of rotatable bonds is 4. The van der Waals surface area contributed by atoms with Crippen molar-refractivity contribution in [3.05, 3.63) is 35.5 Å². The second-order valence-electron chi connectivity index (χ2n) is 8.80. The fourth-order valence-corrected chi connectivity index (χ4v) is 4.83. The fourth-order valence-electron chi connectivity index (χ4n) is 4.06. The highest BCUT2D eigenvalue weighted by Crippen LogP contribution is 2.33. The summed E-state index contributed by atoms with van der Waals surface area (Å²) in [6.07, 6.45) is 4.22. The van der Waals surface area contributed by atoms with E-state index in [2.05, 4.69) is 33.0 Å². The van der Waals surface area contributed by atoms with E-state index in [1.807, 2.05) is 11.9 Å². The monoisotopic (exact) mass is 416 g/mol. The van der Waals surface area contributed by atoms with E-state index in [1.165, 1.54) is 12.3 Å². The molecule has 1 saturated heterocycles. The second kappa shape index (κ2) is 8.59. The first kappa shape index (κ1) is 23.0. The van der Waals surface area contributed by atoms with Crippen LogP contribution in [0.3, 0.4) is 0 Å². The number of nitrogens with zero attached hydrogens (tertiary/aromatic N) is 1. The van der Waals surface area contributed by atoms with Gasteiger partial charge in [-0.25, -0.2) is 0 Å². The van der Waals surface area contributed by atoms with Crippen LogP contribution in [0.4, 0.5) is 0 Å². The number of aromatic hydroxyl groups is 1. The van der Waals surface area contributed by atoms with Crippen molar-refractivity contribution in [2.45, 2.75) is 57.7 Å². The van der Waals surface area contributed by atoms with Crippen molar-refractivity contribution >= 4 is 33.8 Å². The molecule has 2 rings (SSSR count). The van der Waals surface area contributed by atoms with Crippen molar-refractivity contribution in [3.63, 3.8) is 0 Å². The number of phenols is 1. The van der Waals surface area contributed by atoms with Gasteiger partial charge in [0.15, 0.2) is 5.17 Å². The third-order valence-corrected chi connectivity index (χ3v) is 6.05. The Kier molecular flexibility index (Phi) is 6.80. The van der Waals surface area contributed by atoms with Gasteiger partial charge >= 0.3 is 0 Å². The van der Waals surface area contributed by atoms with E-state index in [1.54, 1.807) is 12.1 Å². The molecule has 1 aromatic carbocycles. The molecule has 158 valence electrons. The van der Waals surface area contributed by atoms with Crippen LogP contribution in [0.2, 0.25) is 0 Å². The van der Waals surface area contributed by atoms with Gasteiger partial charge in [0, 0.05) is 47.7 Å². The maximum atomic E-state index is 10.3. The first-order valence-electron chi connectivity index (χ1n) is 9.52. The smallest absolute Gasteiger partial charge is 0.162 e. The summed E-state index contributed by atoms with van der Waals surface area (Å²) in [5.41, 5.74) is 6.87. The van der Waals surface area contributed by atoms with Crippen LogP contribution in [0.5, 0.6) is 5.75 Å². The van der Waals surface area contributed by atoms with Gasteiger partial charge in [0.25, 0.3) is 0 Å². The molecule has 0 radical (unpaired) electrons. The largest absolute Gasteiger partial charge is 0.507 e. The molecule has 0 saturated carbocycles. The number of allylic oxidation sites excluding steroid dienone is 1. The van der Waals surface area contributed by atoms with Crippen LogP contribution < -0.4 is 11.1 Å². The highest BCUT2D eigenvalue weighted by atomic mass is 32.2. The maximum Gasteiger partial charge on any atom is 0.162 e. The maximum absolute atomic E-state index is 10.3. The molecule has 29 heavy (non-hydrogen) atoms. The van der Waals surface area contributed by atoms with Gasteiger partial charge in [-0.3, -0.25) is 10.8 Å². The Morgan fingerprint density at radius 3 is 2.31 bits per heavy atom. The van der Waals surface area contributed by atoms with Gasteiger partial charge in [0.2, 0.25) is 0 Å². The number of benzene rings is 1. The number of nitrogens with two attached hydrogens (primary N) is 1. The van der Waals surface area contributed by atoms with Gasteiger partial charge in [-0.15, -0.1) is 0 Å². The minimum atomic E-state index is -0.0687. The number of nitrogens with one attached hydrogen (secondary N) is 4. The Hall–Kier alpha value is -2.32. The summed E-state index contributed by atoms with van der Waals surface area (Å²) in [4.78, 5) is 1.93. The van der Waals surface area contributed by atoms with Gasteiger partial charge in [0.1, 0.15) is 10.8 Å². The van der Waals surface area contributed by atoms with E-state index in [-0.39, 0.29) is 33.1 Å². The normalized spacial score (nSPS) is 18.9. The van der Waals surface area contributed by atoms with Crippen molar-refractivity contribution < 1.29 is 5.11 Å². The number of hydrogen-bond donors (Lipinski definition) is 6. The van der Waals surface area contributed by atoms with Crippen molar-refractivity contribution in [1.82, 2.24) is 10.2 Å². The highest BCUT2D eigenvalue weighted by molar-refractivity contribution is 8.26. The summed E-state index contributed by atoms with van der Waals surface area (Å²) in [5, 5.41) is 38.6. The Morgan fingerprint density at radius 2 is 1.83 bits per heavy atom. The molecular formula is C21H32N6OS. The molecule has 7 nitrogen and oxygen atoms in total. The van der Waals surface area contributed by atoms with Gasteiger partial charge in [-0.1, -0.05) is 6.07 Å². The lowest BCUT2D eigenvalue weighted by Gasteiger charge is -2.49. The molecule has 1 aromatic rings. The molecule has 0 bridgehead atoms. The summed E-state index contributed by atoms with van der Waals surface area (Å²) >= 11 is 1.02. The quantitative estimate of drug-likeness (QED) is 0.330. The average molecular weight is 417 g/mol. The predicted octanol–water partition coefficient (Wildman–Crippen LogP) is 3.58. The van der Waals surface area contributed by atoms with Gasteiger partial charge in [0.05, 0.1) is 0 Å². The molecule has 0 spiro atoms. The van der Waals surface area contributed by atoms with Crippen LogP contribution in [0.1, 0.15) is 51.7 Å². The number of amidine groups is 1. The summed E-state index contributed by atoms with van der Waals surface area (Å²) < 4.78 is 0. The molecule has 0 aliphatic carbocycles. The van der Waals surface area contributed by atoms with E-state index in [4.69, 9.17) is 22.0 Å². The van der Waals surface area contributed by atoms with Crippen molar-refractivity contribution in [1.29, 1.82) is 16.2 Å².